The van der Waals surface area contributed by atoms with Crippen molar-refractivity contribution < 1.29 is 9.59 Å². The molecule has 5 nitrogen and oxygen atoms in total. The standard InChI is InChI=1S/C23H23N3O2S/c1-15-8-10-17(11-9-15)26-14-16(13-21(26)27)23(28)25-12-4-6-19(25)22-24-18-5-2-3-7-20(18)29-22/h2-3,5,7-11,16,19H,4,6,12-14H2,1H3. The van der Waals surface area contributed by atoms with E-state index in [4.69, 9.17) is 4.98 Å². The normalized spacial score (nSPS) is 22.0. The topological polar surface area (TPSA) is 53.5 Å². The van der Waals surface area contributed by atoms with E-state index in [2.05, 4.69) is 6.07 Å². The summed E-state index contributed by atoms with van der Waals surface area (Å²) in [5.41, 5.74) is 3.03. The van der Waals surface area contributed by atoms with Crippen LogP contribution in [-0.4, -0.2) is 34.8 Å². The number of benzene rings is 2. The molecule has 2 aliphatic rings. The fourth-order valence-corrected chi connectivity index (χ4v) is 5.52. The minimum Gasteiger partial charge on any atom is -0.333 e. The van der Waals surface area contributed by atoms with Gasteiger partial charge >= 0.3 is 0 Å². The van der Waals surface area contributed by atoms with Crippen LogP contribution < -0.4 is 4.90 Å². The number of aromatic nitrogens is 1. The van der Waals surface area contributed by atoms with Crippen molar-refractivity contribution in [3.05, 3.63) is 59.1 Å². The quantitative estimate of drug-likeness (QED) is 0.652. The summed E-state index contributed by atoms with van der Waals surface area (Å²) in [6.07, 6.45) is 2.21. The Morgan fingerprint density at radius 1 is 1.14 bits per heavy atom. The zero-order valence-electron chi connectivity index (χ0n) is 16.4. The number of aryl methyl sites for hydroxylation is 1. The van der Waals surface area contributed by atoms with Crippen LogP contribution in [0.2, 0.25) is 0 Å². The van der Waals surface area contributed by atoms with Crippen LogP contribution in [-0.2, 0) is 9.59 Å². The SMILES string of the molecule is Cc1ccc(N2CC(C(=O)N3CCCC3c3nc4ccccc4s3)CC2=O)cc1. The van der Waals surface area contributed by atoms with Crippen LogP contribution >= 0.6 is 11.3 Å². The number of amides is 2. The monoisotopic (exact) mass is 405 g/mol. The second kappa shape index (κ2) is 7.26. The first-order valence-electron chi connectivity index (χ1n) is 10.1. The van der Waals surface area contributed by atoms with Gasteiger partial charge in [-0.25, -0.2) is 4.98 Å². The summed E-state index contributed by atoms with van der Waals surface area (Å²) in [6.45, 7) is 3.23. The Labute approximate surface area is 174 Å². The Morgan fingerprint density at radius 2 is 1.93 bits per heavy atom. The molecule has 0 radical (unpaired) electrons. The van der Waals surface area contributed by atoms with Crippen molar-refractivity contribution in [1.82, 2.24) is 9.88 Å². The number of thiazole rings is 1. The fourth-order valence-electron chi connectivity index (χ4n) is 4.40. The Morgan fingerprint density at radius 3 is 2.72 bits per heavy atom. The van der Waals surface area contributed by atoms with Gasteiger partial charge in [-0.05, 0) is 44.0 Å². The van der Waals surface area contributed by atoms with E-state index < -0.39 is 0 Å². The highest BCUT2D eigenvalue weighted by atomic mass is 32.1. The van der Waals surface area contributed by atoms with Crippen molar-refractivity contribution in [1.29, 1.82) is 0 Å². The maximum absolute atomic E-state index is 13.3. The molecule has 3 heterocycles. The smallest absolute Gasteiger partial charge is 0.228 e. The lowest BCUT2D eigenvalue weighted by molar-refractivity contribution is -0.136. The van der Waals surface area contributed by atoms with Crippen molar-refractivity contribution >= 4 is 39.1 Å². The molecule has 2 amide bonds. The lowest BCUT2D eigenvalue weighted by Crippen LogP contribution is -2.37. The number of para-hydroxylation sites is 1. The first-order valence-corrected chi connectivity index (χ1v) is 10.9. The summed E-state index contributed by atoms with van der Waals surface area (Å²) in [5, 5.41) is 1.01. The van der Waals surface area contributed by atoms with Crippen LogP contribution in [0.1, 0.15) is 35.9 Å². The van der Waals surface area contributed by atoms with Crippen molar-refractivity contribution in [2.24, 2.45) is 5.92 Å². The minimum atomic E-state index is -0.279. The molecule has 148 valence electrons. The maximum Gasteiger partial charge on any atom is 0.228 e. The lowest BCUT2D eigenvalue weighted by atomic mass is 10.1. The van der Waals surface area contributed by atoms with Crippen LogP contribution in [0.25, 0.3) is 10.2 Å². The van der Waals surface area contributed by atoms with Gasteiger partial charge in [0.05, 0.1) is 22.2 Å². The molecule has 29 heavy (non-hydrogen) atoms. The highest BCUT2D eigenvalue weighted by Gasteiger charge is 2.41. The average molecular weight is 406 g/mol. The third-order valence-electron chi connectivity index (χ3n) is 5.95. The summed E-state index contributed by atoms with van der Waals surface area (Å²) in [4.78, 5) is 34.5. The van der Waals surface area contributed by atoms with Crippen molar-refractivity contribution in [3.8, 4) is 0 Å². The molecule has 1 aromatic heterocycles. The van der Waals surface area contributed by atoms with E-state index in [-0.39, 0.29) is 30.2 Å². The van der Waals surface area contributed by atoms with Crippen LogP contribution in [0, 0.1) is 12.8 Å². The predicted octanol–water partition coefficient (Wildman–Crippen LogP) is 4.32. The molecule has 0 saturated carbocycles. The van der Waals surface area contributed by atoms with Crippen LogP contribution in [0.3, 0.4) is 0 Å². The van der Waals surface area contributed by atoms with Gasteiger partial charge in [0.25, 0.3) is 0 Å². The van der Waals surface area contributed by atoms with Gasteiger partial charge in [0.1, 0.15) is 5.01 Å². The average Bonchev–Trinajstić information content (AvgIpc) is 3.45. The van der Waals surface area contributed by atoms with Crippen LogP contribution in [0.15, 0.2) is 48.5 Å². The van der Waals surface area contributed by atoms with Gasteiger partial charge in [-0.3, -0.25) is 9.59 Å². The van der Waals surface area contributed by atoms with E-state index in [0.717, 1.165) is 45.9 Å². The first-order chi connectivity index (χ1) is 14.1. The molecule has 2 unspecified atom stereocenters. The van der Waals surface area contributed by atoms with Gasteiger partial charge in [-0.2, -0.15) is 0 Å². The molecule has 0 bridgehead atoms. The Balaban J connectivity index is 1.35. The van der Waals surface area contributed by atoms with E-state index in [1.165, 1.54) is 0 Å². The highest BCUT2D eigenvalue weighted by Crippen LogP contribution is 2.38. The molecule has 5 rings (SSSR count). The predicted molar refractivity (Wildman–Crippen MR) is 115 cm³/mol. The van der Waals surface area contributed by atoms with Crippen LogP contribution in [0.4, 0.5) is 5.69 Å². The molecule has 2 aliphatic heterocycles. The number of rotatable bonds is 3. The molecule has 2 saturated heterocycles. The second-order valence-corrected chi connectivity index (χ2v) is 9.01. The first kappa shape index (κ1) is 18.3. The second-order valence-electron chi connectivity index (χ2n) is 7.95. The van der Waals surface area contributed by atoms with Gasteiger partial charge in [-0.1, -0.05) is 29.8 Å². The summed E-state index contributed by atoms with van der Waals surface area (Å²) in [6, 6.07) is 16.1. The van der Waals surface area contributed by atoms with E-state index in [0.29, 0.717) is 6.54 Å². The highest BCUT2D eigenvalue weighted by molar-refractivity contribution is 7.18. The Bertz CT molecular complexity index is 1040. The van der Waals surface area contributed by atoms with E-state index in [1.807, 2.05) is 54.3 Å². The minimum absolute atomic E-state index is 0.0305. The number of nitrogens with zero attached hydrogens (tertiary/aromatic N) is 3. The van der Waals surface area contributed by atoms with Crippen LogP contribution in [0.5, 0.6) is 0 Å². The Hall–Kier alpha value is -2.73. The molecular weight excluding hydrogens is 382 g/mol. The van der Waals surface area contributed by atoms with Gasteiger partial charge in [0.15, 0.2) is 0 Å². The third-order valence-corrected chi connectivity index (χ3v) is 7.09. The van der Waals surface area contributed by atoms with Gasteiger partial charge in [-0.15, -0.1) is 11.3 Å². The van der Waals surface area contributed by atoms with E-state index in [9.17, 15) is 9.59 Å². The lowest BCUT2D eigenvalue weighted by Gasteiger charge is -2.26. The van der Waals surface area contributed by atoms with Crippen molar-refractivity contribution in [2.45, 2.75) is 32.2 Å². The van der Waals surface area contributed by atoms with Gasteiger partial charge in [0.2, 0.25) is 11.8 Å². The zero-order valence-corrected chi connectivity index (χ0v) is 17.2. The summed E-state index contributed by atoms with van der Waals surface area (Å²) in [7, 11) is 0. The number of fused-ring (bicyclic) bond motifs is 1. The number of likely N-dealkylation sites (tertiary alicyclic amines) is 1. The zero-order chi connectivity index (χ0) is 20.0. The Kier molecular flexibility index (Phi) is 4.59. The molecular formula is C23H23N3O2S. The molecule has 2 atom stereocenters. The fraction of sp³-hybridized carbons (Fsp3) is 0.348. The molecule has 2 fully saturated rings. The third kappa shape index (κ3) is 3.31. The van der Waals surface area contributed by atoms with Gasteiger partial charge < -0.3 is 9.80 Å². The number of hydrogen-bond acceptors (Lipinski definition) is 4. The summed E-state index contributed by atoms with van der Waals surface area (Å²) >= 11 is 1.68. The number of anilines is 1. The maximum atomic E-state index is 13.3. The molecule has 0 spiro atoms. The van der Waals surface area contributed by atoms with Crippen molar-refractivity contribution in [2.75, 3.05) is 18.0 Å². The number of hydrogen-bond donors (Lipinski definition) is 0. The van der Waals surface area contributed by atoms with E-state index >= 15 is 0 Å². The van der Waals surface area contributed by atoms with Crippen molar-refractivity contribution in [3.63, 3.8) is 0 Å². The molecule has 3 aromatic rings. The molecule has 2 aromatic carbocycles. The van der Waals surface area contributed by atoms with Gasteiger partial charge in [0, 0.05) is 25.2 Å². The molecule has 0 N–H and O–H groups in total. The summed E-state index contributed by atoms with van der Waals surface area (Å²) < 4.78 is 1.16. The van der Waals surface area contributed by atoms with E-state index in [1.54, 1.807) is 16.2 Å². The molecule has 6 heteroatoms. The number of carbonyl (C=O) groups excluding carboxylic acids is 2. The number of carbonyl (C=O) groups is 2. The summed E-state index contributed by atoms with van der Waals surface area (Å²) in [5.74, 6) is -0.156. The molecule has 0 aliphatic carbocycles. The largest absolute Gasteiger partial charge is 0.333 e.